The van der Waals surface area contributed by atoms with E-state index in [-0.39, 0.29) is 12.5 Å². The van der Waals surface area contributed by atoms with Crippen LogP contribution < -0.4 is 5.32 Å². The van der Waals surface area contributed by atoms with Gasteiger partial charge in [0.2, 0.25) is 8.32 Å². The zero-order valence-corrected chi connectivity index (χ0v) is 24.9. The Labute approximate surface area is 217 Å². The predicted octanol–water partition coefficient (Wildman–Crippen LogP) is 5.88. The third kappa shape index (κ3) is 8.79. The molecular weight excluding hydrogens is 482 g/mol. The summed E-state index contributed by atoms with van der Waals surface area (Å²) >= 11 is 0. The van der Waals surface area contributed by atoms with E-state index in [0.717, 1.165) is 0 Å². The summed E-state index contributed by atoms with van der Waals surface area (Å²) in [5, 5.41) is 2.58. The summed E-state index contributed by atoms with van der Waals surface area (Å²) in [4.78, 5) is 36.9. The fourth-order valence-corrected chi connectivity index (χ4v) is 10.8. The standard InChI is InChI=1S/C26H47NO8Si/c1-16(2)36(17(3)4,18(5)6)35-20-13-12-19(22(15-20)33-25(30)32-11)14-21(23(28)31-10)27-24(29)34-26(7,8)9/h12,16-18,20-22H,13-15H2,1-11H3,(H,27,29)/t20-,21+,22+/m1/s1. The number of alkyl carbamates (subject to hydrolysis) is 1. The maximum Gasteiger partial charge on any atom is 0.508 e. The predicted molar refractivity (Wildman–Crippen MR) is 140 cm³/mol. The molecule has 0 aliphatic heterocycles. The van der Waals surface area contributed by atoms with Gasteiger partial charge in [-0.3, -0.25) is 0 Å². The van der Waals surface area contributed by atoms with Crippen LogP contribution in [0.15, 0.2) is 11.6 Å². The minimum atomic E-state index is -2.16. The van der Waals surface area contributed by atoms with Crippen molar-refractivity contribution in [3.05, 3.63) is 11.6 Å². The Morgan fingerprint density at radius 1 is 1.00 bits per heavy atom. The lowest BCUT2D eigenvalue weighted by Gasteiger charge is -2.46. The van der Waals surface area contributed by atoms with Gasteiger partial charge in [0, 0.05) is 12.8 Å². The summed E-state index contributed by atoms with van der Waals surface area (Å²) in [5.74, 6) is -0.622. The molecule has 0 aromatic carbocycles. The normalized spacial score (nSPS) is 19.6. The monoisotopic (exact) mass is 529 g/mol. The molecule has 10 heteroatoms. The first-order valence-corrected chi connectivity index (χ1v) is 14.9. The van der Waals surface area contributed by atoms with Crippen molar-refractivity contribution in [2.75, 3.05) is 14.2 Å². The minimum absolute atomic E-state index is 0.0986. The molecule has 1 rings (SSSR count). The topological polar surface area (TPSA) is 109 Å². The van der Waals surface area contributed by atoms with Crippen LogP contribution in [0.25, 0.3) is 0 Å². The molecule has 1 aliphatic carbocycles. The van der Waals surface area contributed by atoms with Crippen LogP contribution >= 0.6 is 0 Å². The molecule has 0 spiro atoms. The highest BCUT2D eigenvalue weighted by molar-refractivity contribution is 6.77. The SMILES string of the molecule is COC(=O)O[C@H]1C[C@H](O[Si](C(C)C)(C(C)C)C(C)C)CC=C1C[C@H](NC(=O)OC(C)(C)C)C(=O)OC. The molecule has 3 atom stereocenters. The summed E-state index contributed by atoms with van der Waals surface area (Å²) < 4.78 is 27.5. The van der Waals surface area contributed by atoms with Crippen molar-refractivity contribution < 1.29 is 37.8 Å². The highest BCUT2D eigenvalue weighted by Gasteiger charge is 2.47. The van der Waals surface area contributed by atoms with Crippen LogP contribution in [0.2, 0.25) is 16.6 Å². The smallest absolute Gasteiger partial charge is 0.467 e. The van der Waals surface area contributed by atoms with Gasteiger partial charge in [0.05, 0.1) is 20.3 Å². The van der Waals surface area contributed by atoms with Gasteiger partial charge in [-0.05, 0) is 49.4 Å². The van der Waals surface area contributed by atoms with Crippen LogP contribution in [0.1, 0.15) is 81.6 Å². The molecule has 0 saturated carbocycles. The molecule has 0 fully saturated rings. The average molecular weight is 530 g/mol. The van der Waals surface area contributed by atoms with Gasteiger partial charge in [-0.25, -0.2) is 14.4 Å². The summed E-state index contributed by atoms with van der Waals surface area (Å²) in [6, 6.07) is -1.01. The van der Waals surface area contributed by atoms with E-state index in [1.54, 1.807) is 20.8 Å². The van der Waals surface area contributed by atoms with Crippen molar-refractivity contribution in [2.24, 2.45) is 0 Å². The summed E-state index contributed by atoms with van der Waals surface area (Å²) in [7, 11) is 0.336. The van der Waals surface area contributed by atoms with Crippen molar-refractivity contribution in [2.45, 2.75) is 122 Å². The third-order valence-corrected chi connectivity index (χ3v) is 12.8. The average Bonchev–Trinajstić information content (AvgIpc) is 2.75. The van der Waals surface area contributed by atoms with Gasteiger partial charge in [-0.1, -0.05) is 47.6 Å². The Hall–Kier alpha value is -2.07. The number of rotatable bonds is 10. The zero-order valence-electron chi connectivity index (χ0n) is 23.9. The van der Waals surface area contributed by atoms with Crippen LogP contribution in [0.3, 0.4) is 0 Å². The third-order valence-electron chi connectivity index (χ3n) is 6.63. The lowest BCUT2D eigenvalue weighted by molar-refractivity contribution is -0.143. The Kier molecular flexibility index (Phi) is 12.0. The number of methoxy groups -OCH3 is 2. The van der Waals surface area contributed by atoms with E-state index >= 15 is 0 Å². The Morgan fingerprint density at radius 2 is 1.56 bits per heavy atom. The number of carbonyl (C=O) groups excluding carboxylic acids is 3. The molecule has 36 heavy (non-hydrogen) atoms. The quantitative estimate of drug-likeness (QED) is 0.162. The number of hydrogen-bond donors (Lipinski definition) is 1. The Bertz CT molecular complexity index is 766. The molecule has 0 saturated heterocycles. The first-order valence-electron chi connectivity index (χ1n) is 12.8. The summed E-state index contributed by atoms with van der Waals surface area (Å²) in [6.45, 7) is 18.5. The second-order valence-electron chi connectivity index (χ2n) is 11.3. The highest BCUT2D eigenvalue weighted by Crippen LogP contribution is 2.44. The lowest BCUT2D eigenvalue weighted by Crippen LogP contribution is -2.51. The lowest BCUT2D eigenvalue weighted by atomic mass is 9.90. The molecule has 9 nitrogen and oxygen atoms in total. The number of ether oxygens (including phenoxy) is 4. The van der Waals surface area contributed by atoms with Crippen molar-refractivity contribution in [1.82, 2.24) is 5.32 Å². The van der Waals surface area contributed by atoms with Gasteiger partial charge in [0.25, 0.3) is 0 Å². The van der Waals surface area contributed by atoms with E-state index in [1.807, 2.05) is 6.08 Å². The van der Waals surface area contributed by atoms with Crippen LogP contribution in [0.4, 0.5) is 9.59 Å². The van der Waals surface area contributed by atoms with Gasteiger partial charge in [0.15, 0.2) is 0 Å². The Balaban J connectivity index is 3.22. The molecule has 0 bridgehead atoms. The largest absolute Gasteiger partial charge is 0.508 e. The summed E-state index contributed by atoms with van der Waals surface area (Å²) in [5.41, 5.74) is 1.19. The van der Waals surface area contributed by atoms with E-state index in [9.17, 15) is 14.4 Å². The second-order valence-corrected chi connectivity index (χ2v) is 16.7. The van der Waals surface area contributed by atoms with E-state index < -0.39 is 44.3 Å². The number of carbonyl (C=O) groups is 3. The van der Waals surface area contributed by atoms with Crippen molar-refractivity contribution in [3.8, 4) is 0 Å². The van der Waals surface area contributed by atoms with Gasteiger partial charge in [0.1, 0.15) is 17.7 Å². The molecule has 1 N–H and O–H groups in total. The van der Waals surface area contributed by atoms with Crippen LogP contribution in [0.5, 0.6) is 0 Å². The number of amides is 1. The van der Waals surface area contributed by atoms with Crippen LogP contribution in [-0.4, -0.2) is 64.6 Å². The summed E-state index contributed by atoms with van der Waals surface area (Å²) in [6.07, 6.45) is 0.721. The second kappa shape index (κ2) is 13.5. The molecule has 0 radical (unpaired) electrons. The first-order chi connectivity index (χ1) is 16.6. The van der Waals surface area contributed by atoms with Crippen LogP contribution in [0, 0.1) is 0 Å². The van der Waals surface area contributed by atoms with E-state index in [0.29, 0.717) is 35.0 Å². The van der Waals surface area contributed by atoms with E-state index in [1.165, 1.54) is 14.2 Å². The fourth-order valence-electron chi connectivity index (χ4n) is 5.22. The van der Waals surface area contributed by atoms with Crippen molar-refractivity contribution >= 4 is 26.5 Å². The molecule has 0 aromatic rings. The maximum atomic E-state index is 12.5. The molecule has 0 aromatic heterocycles. The number of esters is 1. The molecule has 0 heterocycles. The zero-order chi connectivity index (χ0) is 27.8. The molecular formula is C26H47NO8Si. The number of nitrogens with one attached hydrogen (secondary N) is 1. The molecule has 0 unspecified atom stereocenters. The van der Waals surface area contributed by atoms with Gasteiger partial charge in [-0.2, -0.15) is 0 Å². The molecule has 1 aliphatic rings. The van der Waals surface area contributed by atoms with Gasteiger partial charge >= 0.3 is 18.2 Å². The Morgan fingerprint density at radius 3 is 2.00 bits per heavy atom. The minimum Gasteiger partial charge on any atom is -0.467 e. The van der Waals surface area contributed by atoms with Crippen LogP contribution in [-0.2, 0) is 28.2 Å². The molecule has 1 amide bonds. The maximum absolute atomic E-state index is 12.5. The van der Waals surface area contributed by atoms with Crippen molar-refractivity contribution in [1.29, 1.82) is 0 Å². The van der Waals surface area contributed by atoms with E-state index in [2.05, 4.69) is 46.9 Å². The van der Waals surface area contributed by atoms with Gasteiger partial charge in [-0.15, -0.1) is 0 Å². The van der Waals surface area contributed by atoms with E-state index in [4.69, 9.17) is 23.4 Å². The molecule has 208 valence electrons. The highest BCUT2D eigenvalue weighted by atomic mass is 28.4. The van der Waals surface area contributed by atoms with Crippen molar-refractivity contribution in [3.63, 3.8) is 0 Å². The fraction of sp³-hybridized carbons (Fsp3) is 0.808. The first kappa shape index (κ1) is 32.0. The van der Waals surface area contributed by atoms with Gasteiger partial charge < -0.3 is 28.7 Å². The number of hydrogen-bond acceptors (Lipinski definition) is 8.